The molecule has 1 saturated carbocycles. The summed E-state index contributed by atoms with van der Waals surface area (Å²) in [5, 5.41) is 3.57. The minimum Gasteiger partial charge on any atom is -0.312 e. The third kappa shape index (κ3) is 4.84. The predicted octanol–water partition coefficient (Wildman–Crippen LogP) is 3.03. The van der Waals surface area contributed by atoms with Crippen LogP contribution in [0.4, 0.5) is 0 Å². The molecule has 0 aliphatic heterocycles. The quantitative estimate of drug-likeness (QED) is 0.775. The van der Waals surface area contributed by atoms with Gasteiger partial charge in [0.15, 0.2) is 0 Å². The molecule has 0 spiro atoms. The van der Waals surface area contributed by atoms with Crippen molar-refractivity contribution in [3.8, 4) is 0 Å². The smallest absolute Gasteiger partial charge is 0.00965 e. The minimum atomic E-state index is 0.256. The summed E-state index contributed by atoms with van der Waals surface area (Å²) < 4.78 is 0. The molecule has 1 fully saturated rings. The molecule has 0 saturated heterocycles. The van der Waals surface area contributed by atoms with Gasteiger partial charge in [0.2, 0.25) is 0 Å². The van der Waals surface area contributed by atoms with Crippen molar-refractivity contribution < 1.29 is 0 Å². The van der Waals surface area contributed by atoms with Crippen LogP contribution in [0.2, 0.25) is 0 Å². The maximum Gasteiger partial charge on any atom is 0.00965 e. The van der Waals surface area contributed by atoms with Crippen LogP contribution in [0, 0.1) is 0 Å². The Morgan fingerprint density at radius 1 is 1.25 bits per heavy atom. The zero-order valence-electron chi connectivity index (χ0n) is 11.8. The first-order chi connectivity index (χ1) is 7.40. The summed E-state index contributed by atoms with van der Waals surface area (Å²) in [6.07, 6.45) is 6.94. The van der Waals surface area contributed by atoms with Gasteiger partial charge in [0.1, 0.15) is 0 Å². The second-order valence-electron chi connectivity index (χ2n) is 6.42. The fourth-order valence-electron chi connectivity index (χ4n) is 2.53. The van der Waals surface area contributed by atoms with Crippen molar-refractivity contribution in [1.29, 1.82) is 0 Å². The van der Waals surface area contributed by atoms with Crippen LogP contribution >= 0.6 is 0 Å². The molecule has 1 rings (SSSR count). The van der Waals surface area contributed by atoms with Gasteiger partial charge in [-0.15, -0.1) is 0 Å². The van der Waals surface area contributed by atoms with E-state index in [1.807, 2.05) is 0 Å². The summed E-state index contributed by atoms with van der Waals surface area (Å²) in [6.45, 7) is 10.2. The van der Waals surface area contributed by atoms with E-state index in [-0.39, 0.29) is 5.54 Å². The first kappa shape index (κ1) is 14.0. The number of hydrogen-bond acceptors (Lipinski definition) is 2. The molecule has 1 unspecified atom stereocenters. The lowest BCUT2D eigenvalue weighted by Gasteiger charge is -2.31. The molecule has 0 amide bonds. The third-order valence-electron chi connectivity index (χ3n) is 3.81. The summed E-state index contributed by atoms with van der Waals surface area (Å²) in [5.41, 5.74) is 0.256. The Kier molecular flexibility index (Phi) is 5.26. The van der Waals surface area contributed by atoms with Crippen LogP contribution in [0.1, 0.15) is 59.8 Å². The van der Waals surface area contributed by atoms with E-state index in [2.05, 4.69) is 45.0 Å². The van der Waals surface area contributed by atoms with Crippen LogP contribution in [0.5, 0.6) is 0 Å². The highest BCUT2D eigenvalue weighted by Gasteiger charge is 2.23. The molecule has 0 aromatic carbocycles. The summed E-state index contributed by atoms with van der Waals surface area (Å²) in [7, 11) is 2.30. The van der Waals surface area contributed by atoms with E-state index >= 15 is 0 Å². The fourth-order valence-corrected chi connectivity index (χ4v) is 2.53. The van der Waals surface area contributed by atoms with Gasteiger partial charge in [0, 0.05) is 17.6 Å². The Morgan fingerprint density at radius 2 is 1.81 bits per heavy atom. The average molecular weight is 226 g/mol. The molecule has 1 N–H and O–H groups in total. The van der Waals surface area contributed by atoms with Gasteiger partial charge in [-0.05, 0) is 60.5 Å². The molecular formula is C14H30N2. The highest BCUT2D eigenvalue weighted by atomic mass is 15.2. The van der Waals surface area contributed by atoms with E-state index in [0.717, 1.165) is 12.6 Å². The van der Waals surface area contributed by atoms with E-state index < -0.39 is 0 Å². The Labute approximate surface area is 102 Å². The monoisotopic (exact) mass is 226 g/mol. The lowest BCUT2D eigenvalue weighted by molar-refractivity contribution is 0.175. The van der Waals surface area contributed by atoms with Gasteiger partial charge in [0.25, 0.3) is 0 Å². The first-order valence-corrected chi connectivity index (χ1v) is 6.87. The summed E-state index contributed by atoms with van der Waals surface area (Å²) in [4.78, 5) is 2.59. The molecule has 0 aromatic heterocycles. The standard InChI is InChI=1S/C14H30N2/c1-12(10-11-15-14(2,3)4)16(5)13-8-6-7-9-13/h12-13,15H,6-11H2,1-5H3. The average Bonchev–Trinajstić information content (AvgIpc) is 2.67. The van der Waals surface area contributed by atoms with E-state index in [9.17, 15) is 0 Å². The summed E-state index contributed by atoms with van der Waals surface area (Å²) in [5.74, 6) is 0. The topological polar surface area (TPSA) is 15.3 Å². The maximum absolute atomic E-state index is 3.57. The molecule has 0 aromatic rings. The van der Waals surface area contributed by atoms with E-state index in [1.54, 1.807) is 0 Å². The Hall–Kier alpha value is -0.0800. The molecule has 2 heteroatoms. The van der Waals surface area contributed by atoms with Crippen LogP contribution < -0.4 is 5.32 Å². The van der Waals surface area contributed by atoms with Crippen molar-refractivity contribution in [3.63, 3.8) is 0 Å². The lowest BCUT2D eigenvalue weighted by Crippen LogP contribution is -2.42. The largest absolute Gasteiger partial charge is 0.312 e. The van der Waals surface area contributed by atoms with Crippen LogP contribution in [-0.4, -0.2) is 36.1 Å². The fraction of sp³-hybridized carbons (Fsp3) is 1.00. The molecule has 0 heterocycles. The van der Waals surface area contributed by atoms with Gasteiger partial charge in [-0.2, -0.15) is 0 Å². The molecule has 1 aliphatic rings. The zero-order chi connectivity index (χ0) is 12.2. The summed E-state index contributed by atoms with van der Waals surface area (Å²) in [6, 6.07) is 1.56. The van der Waals surface area contributed by atoms with E-state index in [4.69, 9.17) is 0 Å². The number of nitrogens with zero attached hydrogens (tertiary/aromatic N) is 1. The Bertz CT molecular complexity index is 189. The molecular weight excluding hydrogens is 196 g/mol. The lowest BCUT2D eigenvalue weighted by atomic mass is 10.1. The van der Waals surface area contributed by atoms with Gasteiger partial charge < -0.3 is 10.2 Å². The zero-order valence-corrected chi connectivity index (χ0v) is 11.8. The minimum absolute atomic E-state index is 0.256. The Morgan fingerprint density at radius 3 is 2.31 bits per heavy atom. The molecule has 0 radical (unpaired) electrons. The van der Waals surface area contributed by atoms with Crippen LogP contribution in [0.3, 0.4) is 0 Å². The second-order valence-corrected chi connectivity index (χ2v) is 6.42. The number of rotatable bonds is 5. The SMILES string of the molecule is CC(CCNC(C)(C)C)N(C)C1CCCC1. The second kappa shape index (κ2) is 6.02. The number of nitrogens with one attached hydrogen (secondary N) is 1. The third-order valence-corrected chi connectivity index (χ3v) is 3.81. The normalized spacial score (nSPS) is 20.6. The molecule has 1 atom stereocenters. The van der Waals surface area contributed by atoms with Crippen molar-refractivity contribution in [1.82, 2.24) is 10.2 Å². The first-order valence-electron chi connectivity index (χ1n) is 6.87. The van der Waals surface area contributed by atoms with Crippen LogP contribution in [0.25, 0.3) is 0 Å². The van der Waals surface area contributed by atoms with Crippen LogP contribution in [-0.2, 0) is 0 Å². The summed E-state index contributed by atoms with van der Waals surface area (Å²) >= 11 is 0. The van der Waals surface area contributed by atoms with E-state index in [1.165, 1.54) is 32.1 Å². The van der Waals surface area contributed by atoms with Gasteiger partial charge in [-0.3, -0.25) is 0 Å². The Balaban J connectivity index is 2.20. The van der Waals surface area contributed by atoms with E-state index in [0.29, 0.717) is 6.04 Å². The maximum atomic E-state index is 3.57. The highest BCUT2D eigenvalue weighted by Crippen LogP contribution is 2.24. The van der Waals surface area contributed by atoms with Gasteiger partial charge in [-0.1, -0.05) is 12.8 Å². The number of hydrogen-bond donors (Lipinski definition) is 1. The van der Waals surface area contributed by atoms with Gasteiger partial charge in [0.05, 0.1) is 0 Å². The van der Waals surface area contributed by atoms with Crippen molar-refractivity contribution in [2.24, 2.45) is 0 Å². The molecule has 2 nitrogen and oxygen atoms in total. The van der Waals surface area contributed by atoms with Crippen molar-refractivity contribution >= 4 is 0 Å². The van der Waals surface area contributed by atoms with Crippen LogP contribution in [0.15, 0.2) is 0 Å². The highest BCUT2D eigenvalue weighted by molar-refractivity contribution is 4.79. The predicted molar refractivity (Wildman–Crippen MR) is 71.9 cm³/mol. The van der Waals surface area contributed by atoms with Crippen molar-refractivity contribution in [3.05, 3.63) is 0 Å². The van der Waals surface area contributed by atoms with Crippen molar-refractivity contribution in [2.45, 2.75) is 77.4 Å². The molecule has 1 aliphatic carbocycles. The molecule has 16 heavy (non-hydrogen) atoms. The van der Waals surface area contributed by atoms with Gasteiger partial charge >= 0.3 is 0 Å². The molecule has 96 valence electrons. The molecule has 0 bridgehead atoms. The van der Waals surface area contributed by atoms with Gasteiger partial charge in [-0.25, -0.2) is 0 Å². The van der Waals surface area contributed by atoms with Crippen molar-refractivity contribution in [2.75, 3.05) is 13.6 Å².